The Labute approximate surface area is 119 Å². The Morgan fingerprint density at radius 1 is 1.20 bits per heavy atom. The zero-order chi connectivity index (χ0) is 13.8. The minimum atomic E-state index is -0.844. The number of nitriles is 1. The highest BCUT2D eigenvalue weighted by Crippen LogP contribution is 2.49. The van der Waals surface area contributed by atoms with Crippen LogP contribution in [-0.4, -0.2) is 34.7 Å². The van der Waals surface area contributed by atoms with Gasteiger partial charge in [0.25, 0.3) is 0 Å². The summed E-state index contributed by atoms with van der Waals surface area (Å²) >= 11 is 0. The SMILES string of the molecule is N#CC1(C2(O)CCN(C3CC3)C2)Cc2ccccc2C1. The fourth-order valence-corrected chi connectivity index (χ4v) is 4.09. The van der Waals surface area contributed by atoms with E-state index in [1.807, 2.05) is 12.1 Å². The molecule has 1 heterocycles. The molecule has 0 aromatic heterocycles. The van der Waals surface area contributed by atoms with Gasteiger partial charge in [-0.25, -0.2) is 0 Å². The zero-order valence-corrected chi connectivity index (χ0v) is 11.7. The number of hydrogen-bond donors (Lipinski definition) is 1. The lowest BCUT2D eigenvalue weighted by Crippen LogP contribution is -2.50. The molecule has 1 unspecified atom stereocenters. The molecular weight excluding hydrogens is 248 g/mol. The minimum absolute atomic E-state index is 0.625. The van der Waals surface area contributed by atoms with Crippen molar-refractivity contribution in [3.63, 3.8) is 0 Å². The number of rotatable bonds is 2. The van der Waals surface area contributed by atoms with Gasteiger partial charge in [-0.2, -0.15) is 5.26 Å². The highest BCUT2D eigenvalue weighted by molar-refractivity contribution is 5.39. The summed E-state index contributed by atoms with van der Waals surface area (Å²) in [5.41, 5.74) is 1.02. The summed E-state index contributed by atoms with van der Waals surface area (Å²) < 4.78 is 0. The van der Waals surface area contributed by atoms with Crippen molar-refractivity contribution in [2.75, 3.05) is 13.1 Å². The number of fused-ring (bicyclic) bond motifs is 1. The lowest BCUT2D eigenvalue weighted by atomic mass is 9.70. The first-order valence-corrected chi connectivity index (χ1v) is 7.60. The molecule has 104 valence electrons. The molecule has 2 aliphatic carbocycles. The van der Waals surface area contributed by atoms with E-state index in [1.165, 1.54) is 24.0 Å². The van der Waals surface area contributed by atoms with E-state index in [-0.39, 0.29) is 0 Å². The third-order valence-corrected chi connectivity index (χ3v) is 5.55. The maximum atomic E-state index is 11.2. The largest absolute Gasteiger partial charge is 0.387 e. The topological polar surface area (TPSA) is 47.3 Å². The van der Waals surface area contributed by atoms with E-state index < -0.39 is 11.0 Å². The minimum Gasteiger partial charge on any atom is -0.387 e. The first kappa shape index (κ1) is 12.4. The number of nitrogens with zero attached hydrogens (tertiary/aromatic N) is 2. The van der Waals surface area contributed by atoms with Crippen LogP contribution < -0.4 is 0 Å². The maximum Gasteiger partial charge on any atom is 0.0978 e. The van der Waals surface area contributed by atoms with E-state index in [0.29, 0.717) is 25.4 Å². The standard InChI is InChI=1S/C17H20N2O/c18-11-16(9-13-3-1-2-4-14(13)10-16)17(20)7-8-19(12-17)15-5-6-15/h1-4,15,20H,5-10,12H2. The Balaban J connectivity index is 1.65. The van der Waals surface area contributed by atoms with Gasteiger partial charge in [0.2, 0.25) is 0 Å². The second-order valence-corrected chi connectivity index (χ2v) is 6.80. The zero-order valence-electron chi connectivity index (χ0n) is 11.7. The molecule has 0 amide bonds. The van der Waals surface area contributed by atoms with Crippen LogP contribution in [0.15, 0.2) is 24.3 Å². The van der Waals surface area contributed by atoms with E-state index in [2.05, 4.69) is 23.1 Å². The van der Waals surface area contributed by atoms with Gasteiger partial charge in [-0.15, -0.1) is 0 Å². The molecule has 2 fully saturated rings. The molecule has 1 aromatic rings. The van der Waals surface area contributed by atoms with Crippen LogP contribution in [-0.2, 0) is 12.8 Å². The number of hydrogen-bond acceptors (Lipinski definition) is 3. The molecule has 1 aromatic carbocycles. The fourth-order valence-electron chi connectivity index (χ4n) is 4.09. The average molecular weight is 268 g/mol. The molecule has 3 heteroatoms. The van der Waals surface area contributed by atoms with Crippen molar-refractivity contribution in [1.82, 2.24) is 4.90 Å². The summed E-state index contributed by atoms with van der Waals surface area (Å²) in [5, 5.41) is 21.0. The summed E-state index contributed by atoms with van der Waals surface area (Å²) in [5.74, 6) is 0. The van der Waals surface area contributed by atoms with Gasteiger partial charge in [0.1, 0.15) is 0 Å². The molecule has 1 N–H and O–H groups in total. The van der Waals surface area contributed by atoms with Crippen LogP contribution >= 0.6 is 0 Å². The van der Waals surface area contributed by atoms with Crippen LogP contribution in [0, 0.1) is 16.7 Å². The van der Waals surface area contributed by atoms with Gasteiger partial charge in [-0.3, -0.25) is 4.90 Å². The van der Waals surface area contributed by atoms with Crippen molar-refractivity contribution in [2.45, 2.75) is 43.7 Å². The van der Waals surface area contributed by atoms with E-state index >= 15 is 0 Å². The molecule has 1 aliphatic heterocycles. The van der Waals surface area contributed by atoms with Crippen LogP contribution in [0.1, 0.15) is 30.4 Å². The monoisotopic (exact) mass is 268 g/mol. The normalized spacial score (nSPS) is 32.0. The van der Waals surface area contributed by atoms with E-state index in [1.54, 1.807) is 0 Å². The predicted octanol–water partition coefficient (Wildman–Crippen LogP) is 1.89. The fraction of sp³-hybridized carbons (Fsp3) is 0.588. The third-order valence-electron chi connectivity index (χ3n) is 5.55. The van der Waals surface area contributed by atoms with Gasteiger partial charge in [0.05, 0.1) is 17.1 Å². The summed E-state index contributed by atoms with van der Waals surface area (Å²) in [6.07, 6.45) is 4.67. The van der Waals surface area contributed by atoms with E-state index in [0.717, 1.165) is 13.0 Å². The predicted molar refractivity (Wildman–Crippen MR) is 76.1 cm³/mol. The maximum absolute atomic E-state index is 11.2. The molecule has 3 aliphatic rings. The molecule has 1 atom stereocenters. The highest BCUT2D eigenvalue weighted by atomic mass is 16.3. The van der Waals surface area contributed by atoms with Crippen molar-refractivity contribution in [1.29, 1.82) is 5.26 Å². The summed E-state index contributed by atoms with van der Waals surface area (Å²) in [6.45, 7) is 1.63. The molecule has 20 heavy (non-hydrogen) atoms. The average Bonchev–Trinajstić information content (AvgIpc) is 3.11. The van der Waals surface area contributed by atoms with Crippen LogP contribution in [0.3, 0.4) is 0 Å². The Kier molecular flexibility index (Phi) is 2.52. The van der Waals surface area contributed by atoms with E-state index in [9.17, 15) is 10.4 Å². The van der Waals surface area contributed by atoms with Crippen LogP contribution in [0.4, 0.5) is 0 Å². The number of likely N-dealkylation sites (tertiary alicyclic amines) is 1. The van der Waals surface area contributed by atoms with Gasteiger partial charge >= 0.3 is 0 Å². The summed E-state index contributed by atoms with van der Waals surface area (Å²) in [4.78, 5) is 2.39. The lowest BCUT2D eigenvalue weighted by Gasteiger charge is -2.37. The number of β-amino-alcohol motifs (C(OH)–C–C–N with tert-alkyl or cyclic N) is 1. The lowest BCUT2D eigenvalue weighted by molar-refractivity contribution is -0.0419. The third kappa shape index (κ3) is 1.65. The second-order valence-electron chi connectivity index (χ2n) is 6.80. The van der Waals surface area contributed by atoms with Crippen molar-refractivity contribution < 1.29 is 5.11 Å². The van der Waals surface area contributed by atoms with E-state index in [4.69, 9.17) is 0 Å². The van der Waals surface area contributed by atoms with Crippen LogP contribution in [0.2, 0.25) is 0 Å². The van der Waals surface area contributed by atoms with Crippen molar-refractivity contribution in [3.05, 3.63) is 35.4 Å². The smallest absolute Gasteiger partial charge is 0.0978 e. The van der Waals surface area contributed by atoms with Gasteiger partial charge in [-0.05, 0) is 43.2 Å². The van der Waals surface area contributed by atoms with Crippen molar-refractivity contribution in [3.8, 4) is 6.07 Å². The second kappa shape index (κ2) is 4.07. The van der Waals surface area contributed by atoms with Crippen LogP contribution in [0.5, 0.6) is 0 Å². The molecule has 4 rings (SSSR count). The molecular formula is C17H20N2O. The van der Waals surface area contributed by atoms with Gasteiger partial charge in [0.15, 0.2) is 0 Å². The Morgan fingerprint density at radius 3 is 2.40 bits per heavy atom. The quantitative estimate of drug-likeness (QED) is 0.891. The molecule has 1 saturated carbocycles. The van der Waals surface area contributed by atoms with Crippen LogP contribution in [0.25, 0.3) is 0 Å². The first-order chi connectivity index (χ1) is 9.66. The Hall–Kier alpha value is -1.37. The molecule has 0 bridgehead atoms. The highest BCUT2D eigenvalue weighted by Gasteiger charge is 2.57. The summed E-state index contributed by atoms with van der Waals surface area (Å²) in [6, 6.07) is 11.4. The Morgan fingerprint density at radius 2 is 1.85 bits per heavy atom. The summed E-state index contributed by atoms with van der Waals surface area (Å²) in [7, 11) is 0. The number of aliphatic hydroxyl groups is 1. The molecule has 0 spiro atoms. The van der Waals surface area contributed by atoms with Gasteiger partial charge in [-0.1, -0.05) is 24.3 Å². The van der Waals surface area contributed by atoms with Gasteiger partial charge in [0, 0.05) is 19.1 Å². The van der Waals surface area contributed by atoms with Crippen molar-refractivity contribution >= 4 is 0 Å². The molecule has 0 radical (unpaired) electrons. The molecule has 3 nitrogen and oxygen atoms in total. The Bertz CT molecular complexity index is 562. The first-order valence-electron chi connectivity index (χ1n) is 7.60. The van der Waals surface area contributed by atoms with Gasteiger partial charge < -0.3 is 5.11 Å². The van der Waals surface area contributed by atoms with Crippen molar-refractivity contribution in [2.24, 2.45) is 5.41 Å². The number of benzene rings is 1. The molecule has 1 saturated heterocycles.